The molecule has 1 heterocycles. The number of aryl methyl sites for hydroxylation is 1. The Morgan fingerprint density at radius 2 is 2.15 bits per heavy atom. The van der Waals surface area contributed by atoms with Crippen molar-refractivity contribution in [2.75, 3.05) is 6.54 Å². The number of hydrogen-bond acceptors (Lipinski definition) is 2. The number of nitrogens with one attached hydrogen (secondary N) is 1. The van der Waals surface area contributed by atoms with Crippen molar-refractivity contribution in [2.24, 2.45) is 24.8 Å². The van der Waals surface area contributed by atoms with Gasteiger partial charge in [0.15, 0.2) is 0 Å². The molecule has 3 heteroatoms. The fourth-order valence-electron chi connectivity index (χ4n) is 3.58. The summed E-state index contributed by atoms with van der Waals surface area (Å²) in [7, 11) is 2.01. The molecule has 0 saturated heterocycles. The summed E-state index contributed by atoms with van der Waals surface area (Å²) in [4.78, 5) is 0. The Bertz CT molecular complexity index is 397. The Morgan fingerprint density at radius 3 is 2.75 bits per heavy atom. The van der Waals surface area contributed by atoms with Crippen LogP contribution in [0.25, 0.3) is 0 Å². The van der Waals surface area contributed by atoms with Gasteiger partial charge in [0.05, 0.1) is 6.20 Å². The molecule has 1 saturated carbocycles. The van der Waals surface area contributed by atoms with Gasteiger partial charge in [-0.25, -0.2) is 0 Å². The standard InChI is InChI=1S/C17H31N3/c1-5-14-6-7-16(11-18-13(2)3)17(8-14)9-15-10-19-20(4)12-15/h10,12-14,16-18H,5-9,11H2,1-4H3. The predicted octanol–water partition coefficient (Wildman–Crippen LogP) is 3.40. The van der Waals surface area contributed by atoms with Crippen molar-refractivity contribution in [3.05, 3.63) is 18.0 Å². The summed E-state index contributed by atoms with van der Waals surface area (Å²) < 4.78 is 1.93. The van der Waals surface area contributed by atoms with Gasteiger partial charge in [-0.3, -0.25) is 4.68 Å². The van der Waals surface area contributed by atoms with Crippen molar-refractivity contribution >= 4 is 0 Å². The normalized spacial score (nSPS) is 27.1. The van der Waals surface area contributed by atoms with Crippen molar-refractivity contribution in [3.63, 3.8) is 0 Å². The molecule has 0 aliphatic heterocycles. The average molecular weight is 277 g/mol. The van der Waals surface area contributed by atoms with Crippen LogP contribution in [0, 0.1) is 17.8 Å². The fraction of sp³-hybridized carbons (Fsp3) is 0.824. The summed E-state index contributed by atoms with van der Waals surface area (Å²) in [6.07, 6.45) is 11.0. The molecule has 0 spiro atoms. The molecule has 1 N–H and O–H groups in total. The lowest BCUT2D eigenvalue weighted by atomic mass is 9.71. The highest BCUT2D eigenvalue weighted by Gasteiger charge is 2.29. The molecular weight excluding hydrogens is 246 g/mol. The van der Waals surface area contributed by atoms with E-state index in [0.717, 1.165) is 17.8 Å². The van der Waals surface area contributed by atoms with E-state index in [-0.39, 0.29) is 0 Å². The van der Waals surface area contributed by atoms with Crippen molar-refractivity contribution < 1.29 is 0 Å². The van der Waals surface area contributed by atoms with Crippen LogP contribution in [0.2, 0.25) is 0 Å². The molecule has 0 amide bonds. The minimum absolute atomic E-state index is 0.595. The molecule has 1 fully saturated rings. The lowest BCUT2D eigenvalue weighted by molar-refractivity contribution is 0.169. The van der Waals surface area contributed by atoms with Crippen LogP contribution >= 0.6 is 0 Å². The molecule has 3 nitrogen and oxygen atoms in total. The molecule has 0 bridgehead atoms. The topological polar surface area (TPSA) is 29.9 Å². The van der Waals surface area contributed by atoms with Crippen LogP contribution in [0.4, 0.5) is 0 Å². The van der Waals surface area contributed by atoms with Gasteiger partial charge in [-0.15, -0.1) is 0 Å². The first kappa shape index (κ1) is 15.6. The van der Waals surface area contributed by atoms with Gasteiger partial charge in [0, 0.05) is 19.3 Å². The van der Waals surface area contributed by atoms with Crippen molar-refractivity contribution in [1.29, 1.82) is 0 Å². The lowest BCUT2D eigenvalue weighted by Crippen LogP contribution is -2.36. The van der Waals surface area contributed by atoms with Gasteiger partial charge >= 0.3 is 0 Å². The van der Waals surface area contributed by atoms with Gasteiger partial charge in [-0.1, -0.05) is 33.6 Å². The number of rotatable bonds is 6. The van der Waals surface area contributed by atoms with Gasteiger partial charge in [-0.2, -0.15) is 5.10 Å². The molecule has 2 rings (SSSR count). The maximum Gasteiger partial charge on any atom is 0.0521 e. The number of hydrogen-bond donors (Lipinski definition) is 1. The molecule has 0 radical (unpaired) electrons. The van der Waals surface area contributed by atoms with Crippen molar-refractivity contribution in [2.45, 2.75) is 58.9 Å². The van der Waals surface area contributed by atoms with Crippen molar-refractivity contribution in [3.8, 4) is 0 Å². The zero-order valence-corrected chi connectivity index (χ0v) is 13.6. The minimum atomic E-state index is 0.595. The zero-order chi connectivity index (χ0) is 14.5. The first-order valence-corrected chi connectivity index (χ1v) is 8.29. The molecule has 20 heavy (non-hydrogen) atoms. The molecule has 1 aliphatic rings. The Kier molecular flexibility index (Phi) is 5.64. The SMILES string of the molecule is CCC1CCC(CNC(C)C)C(Cc2cnn(C)c2)C1. The quantitative estimate of drug-likeness (QED) is 0.863. The van der Waals surface area contributed by atoms with E-state index in [0.29, 0.717) is 6.04 Å². The second-order valence-electron chi connectivity index (χ2n) is 6.90. The van der Waals surface area contributed by atoms with Crippen LogP contribution < -0.4 is 5.32 Å². The molecule has 1 aliphatic carbocycles. The third kappa shape index (κ3) is 4.34. The van der Waals surface area contributed by atoms with Gasteiger partial charge in [0.2, 0.25) is 0 Å². The van der Waals surface area contributed by atoms with E-state index in [4.69, 9.17) is 0 Å². The molecule has 114 valence electrons. The van der Waals surface area contributed by atoms with Crippen LogP contribution in [-0.2, 0) is 13.5 Å². The Labute approximate surface area is 124 Å². The summed E-state index contributed by atoms with van der Waals surface area (Å²) in [6, 6.07) is 0.595. The predicted molar refractivity (Wildman–Crippen MR) is 84.7 cm³/mol. The second-order valence-corrected chi connectivity index (χ2v) is 6.90. The average Bonchev–Trinajstić information content (AvgIpc) is 2.82. The fourth-order valence-corrected chi connectivity index (χ4v) is 3.58. The number of nitrogens with zero attached hydrogens (tertiary/aromatic N) is 2. The summed E-state index contributed by atoms with van der Waals surface area (Å²) in [5, 5.41) is 7.97. The number of aromatic nitrogens is 2. The molecule has 3 atom stereocenters. The highest BCUT2D eigenvalue weighted by atomic mass is 15.2. The lowest BCUT2D eigenvalue weighted by Gasteiger charge is -2.36. The second kappa shape index (κ2) is 7.26. The third-order valence-electron chi connectivity index (χ3n) is 4.87. The van der Waals surface area contributed by atoms with Crippen LogP contribution in [-0.4, -0.2) is 22.4 Å². The monoisotopic (exact) mass is 277 g/mol. The largest absolute Gasteiger partial charge is 0.314 e. The van der Waals surface area contributed by atoms with Crippen molar-refractivity contribution in [1.82, 2.24) is 15.1 Å². The van der Waals surface area contributed by atoms with Crippen LogP contribution in [0.3, 0.4) is 0 Å². The van der Waals surface area contributed by atoms with Crippen LogP contribution in [0.15, 0.2) is 12.4 Å². The third-order valence-corrected chi connectivity index (χ3v) is 4.87. The summed E-state index contributed by atoms with van der Waals surface area (Å²) in [6.45, 7) is 8.01. The highest BCUT2D eigenvalue weighted by Crippen LogP contribution is 2.37. The van der Waals surface area contributed by atoms with E-state index in [1.165, 1.54) is 44.2 Å². The van der Waals surface area contributed by atoms with Gasteiger partial charge in [0.25, 0.3) is 0 Å². The summed E-state index contributed by atoms with van der Waals surface area (Å²) >= 11 is 0. The zero-order valence-electron chi connectivity index (χ0n) is 13.6. The summed E-state index contributed by atoms with van der Waals surface area (Å²) in [5.41, 5.74) is 1.41. The minimum Gasteiger partial charge on any atom is -0.314 e. The highest BCUT2D eigenvalue weighted by molar-refractivity contribution is 5.06. The molecule has 3 unspecified atom stereocenters. The Hall–Kier alpha value is -0.830. The first-order valence-electron chi connectivity index (χ1n) is 8.29. The van der Waals surface area contributed by atoms with E-state index in [1.54, 1.807) is 0 Å². The maximum absolute atomic E-state index is 4.32. The van der Waals surface area contributed by atoms with Gasteiger partial charge < -0.3 is 5.32 Å². The smallest absolute Gasteiger partial charge is 0.0521 e. The van der Waals surface area contributed by atoms with E-state index < -0.39 is 0 Å². The van der Waals surface area contributed by atoms with Crippen LogP contribution in [0.5, 0.6) is 0 Å². The summed E-state index contributed by atoms with van der Waals surface area (Å²) in [5.74, 6) is 2.59. The maximum atomic E-state index is 4.32. The Morgan fingerprint density at radius 1 is 1.35 bits per heavy atom. The van der Waals surface area contributed by atoms with Gasteiger partial charge in [0.1, 0.15) is 0 Å². The van der Waals surface area contributed by atoms with E-state index in [9.17, 15) is 0 Å². The molecule has 0 aromatic carbocycles. The van der Waals surface area contributed by atoms with E-state index in [2.05, 4.69) is 37.4 Å². The molecular formula is C17H31N3. The van der Waals surface area contributed by atoms with E-state index in [1.807, 2.05) is 17.9 Å². The molecule has 1 aromatic rings. The van der Waals surface area contributed by atoms with Crippen LogP contribution in [0.1, 0.15) is 52.0 Å². The van der Waals surface area contributed by atoms with Gasteiger partial charge in [-0.05, 0) is 49.1 Å². The molecule has 1 aromatic heterocycles. The first-order chi connectivity index (χ1) is 9.58. The Balaban J connectivity index is 1.97. The van der Waals surface area contributed by atoms with E-state index >= 15 is 0 Å².